The Labute approximate surface area is 190 Å². The topological polar surface area (TPSA) is 64.8 Å². The summed E-state index contributed by atoms with van der Waals surface area (Å²) in [5, 5.41) is -0.0395. The van der Waals surface area contributed by atoms with Gasteiger partial charge in [0.15, 0.2) is 12.5 Å². The Morgan fingerprint density at radius 1 is 1.25 bits per heavy atom. The molecule has 1 aliphatic heterocycles. The number of rotatable bonds is 7. The van der Waals surface area contributed by atoms with Crippen molar-refractivity contribution in [1.29, 1.82) is 0 Å². The van der Waals surface area contributed by atoms with Crippen molar-refractivity contribution in [2.45, 2.75) is 25.2 Å². The highest BCUT2D eigenvalue weighted by molar-refractivity contribution is 6.30. The van der Waals surface area contributed by atoms with Gasteiger partial charge in [-0.1, -0.05) is 23.7 Å². The molecule has 3 aromatic rings. The van der Waals surface area contributed by atoms with Crippen LogP contribution in [-0.2, 0) is 11.2 Å². The third-order valence-electron chi connectivity index (χ3n) is 5.49. The molecule has 0 unspecified atom stereocenters. The molecule has 0 spiro atoms. The Hall–Kier alpha value is -3.06. The molecule has 0 aliphatic carbocycles. The van der Waals surface area contributed by atoms with Crippen molar-refractivity contribution >= 4 is 17.5 Å². The molecule has 1 atom stereocenters. The maximum atomic E-state index is 13.3. The first-order valence-electron chi connectivity index (χ1n) is 10.4. The van der Waals surface area contributed by atoms with Crippen LogP contribution < -0.4 is 9.47 Å². The van der Waals surface area contributed by atoms with Gasteiger partial charge in [0.25, 0.3) is 5.91 Å². The Balaban J connectivity index is 1.33. The van der Waals surface area contributed by atoms with Crippen LogP contribution in [0.15, 0.2) is 53.1 Å². The van der Waals surface area contributed by atoms with Gasteiger partial charge in [-0.3, -0.25) is 4.79 Å². The number of benzene rings is 2. The van der Waals surface area contributed by atoms with Crippen LogP contribution in [0.2, 0.25) is 5.02 Å². The van der Waals surface area contributed by atoms with E-state index in [-0.39, 0.29) is 23.5 Å². The lowest BCUT2D eigenvalue weighted by atomic mass is 9.98. The van der Waals surface area contributed by atoms with Crippen LogP contribution in [0.1, 0.15) is 36.0 Å². The first-order chi connectivity index (χ1) is 15.5. The standard InChI is InChI=1S/C24H24ClFN2O4/c1-30-18-6-4-16(5-7-18)11-20-13-27-24(32-20)17-3-2-10-28(14-17)23(29)15-31-19-8-9-22(26)21(25)12-19/h4-9,12-13,17H,2-3,10-11,14-15H2,1H3/t17-/m0/s1. The molecule has 1 saturated heterocycles. The molecule has 1 amide bonds. The highest BCUT2D eigenvalue weighted by atomic mass is 35.5. The van der Waals surface area contributed by atoms with E-state index in [2.05, 4.69) is 4.98 Å². The number of carbonyl (C=O) groups is 1. The zero-order valence-corrected chi connectivity index (χ0v) is 18.5. The average Bonchev–Trinajstić information content (AvgIpc) is 3.29. The van der Waals surface area contributed by atoms with Crippen LogP contribution in [0, 0.1) is 5.82 Å². The fraction of sp³-hybridized carbons (Fsp3) is 0.333. The van der Waals surface area contributed by atoms with Crippen LogP contribution in [0.3, 0.4) is 0 Å². The number of methoxy groups -OCH3 is 1. The van der Waals surface area contributed by atoms with E-state index in [0.29, 0.717) is 31.2 Å². The van der Waals surface area contributed by atoms with Gasteiger partial charge in [0, 0.05) is 25.6 Å². The number of ether oxygens (including phenoxy) is 2. The minimum Gasteiger partial charge on any atom is -0.497 e. The lowest BCUT2D eigenvalue weighted by molar-refractivity contribution is -0.134. The number of piperidine rings is 1. The Kier molecular flexibility index (Phi) is 6.95. The number of carbonyl (C=O) groups excluding carboxylic acids is 1. The van der Waals surface area contributed by atoms with Gasteiger partial charge in [-0.15, -0.1) is 0 Å². The minimum absolute atomic E-state index is 0.0394. The Morgan fingerprint density at radius 2 is 2.03 bits per heavy atom. The number of hydrogen-bond acceptors (Lipinski definition) is 5. The molecule has 1 aliphatic rings. The van der Waals surface area contributed by atoms with Crippen molar-refractivity contribution in [3.8, 4) is 11.5 Å². The summed E-state index contributed by atoms with van der Waals surface area (Å²) in [6.45, 7) is 1.04. The molecule has 2 aromatic carbocycles. The fourth-order valence-corrected chi connectivity index (χ4v) is 3.92. The predicted molar refractivity (Wildman–Crippen MR) is 118 cm³/mol. The summed E-state index contributed by atoms with van der Waals surface area (Å²) in [7, 11) is 1.64. The van der Waals surface area contributed by atoms with E-state index in [1.807, 2.05) is 24.3 Å². The smallest absolute Gasteiger partial charge is 0.260 e. The van der Waals surface area contributed by atoms with Crippen LogP contribution in [0.5, 0.6) is 11.5 Å². The zero-order chi connectivity index (χ0) is 22.5. The van der Waals surface area contributed by atoms with Crippen molar-refractivity contribution in [3.63, 3.8) is 0 Å². The molecule has 0 N–H and O–H groups in total. The number of aromatic nitrogens is 1. The minimum atomic E-state index is -0.526. The summed E-state index contributed by atoms with van der Waals surface area (Å²) < 4.78 is 29.9. The second-order valence-corrected chi connectivity index (χ2v) is 8.14. The Bertz CT molecular complexity index is 1070. The molecule has 1 aromatic heterocycles. The summed E-state index contributed by atoms with van der Waals surface area (Å²) in [4.78, 5) is 18.9. The SMILES string of the molecule is COc1ccc(Cc2cnc([C@H]3CCCN(C(=O)COc4ccc(F)c(Cl)c4)C3)o2)cc1. The third-order valence-corrected chi connectivity index (χ3v) is 5.78. The molecule has 6 nitrogen and oxygen atoms in total. The van der Waals surface area contributed by atoms with Crippen molar-refractivity contribution in [2.24, 2.45) is 0 Å². The molecule has 0 bridgehead atoms. The van der Waals surface area contributed by atoms with Gasteiger partial charge in [0.2, 0.25) is 0 Å². The zero-order valence-electron chi connectivity index (χ0n) is 17.7. The van der Waals surface area contributed by atoms with E-state index in [4.69, 9.17) is 25.5 Å². The second-order valence-electron chi connectivity index (χ2n) is 7.73. The maximum absolute atomic E-state index is 13.3. The van der Waals surface area contributed by atoms with E-state index < -0.39 is 5.82 Å². The molecular formula is C24H24ClFN2O4. The highest BCUT2D eigenvalue weighted by Gasteiger charge is 2.28. The summed E-state index contributed by atoms with van der Waals surface area (Å²) in [6, 6.07) is 11.8. The van der Waals surface area contributed by atoms with Crippen molar-refractivity contribution in [1.82, 2.24) is 9.88 Å². The number of likely N-dealkylation sites (tertiary alicyclic amines) is 1. The van der Waals surface area contributed by atoms with Crippen LogP contribution in [0.4, 0.5) is 4.39 Å². The van der Waals surface area contributed by atoms with E-state index in [9.17, 15) is 9.18 Å². The largest absolute Gasteiger partial charge is 0.497 e. The lowest BCUT2D eigenvalue weighted by Gasteiger charge is -2.31. The van der Waals surface area contributed by atoms with Crippen molar-refractivity contribution in [3.05, 3.63) is 76.7 Å². The van der Waals surface area contributed by atoms with E-state index in [0.717, 1.165) is 29.9 Å². The number of oxazole rings is 1. The lowest BCUT2D eigenvalue weighted by Crippen LogP contribution is -2.41. The number of hydrogen-bond donors (Lipinski definition) is 0. The first kappa shape index (κ1) is 22.1. The van der Waals surface area contributed by atoms with Crippen molar-refractivity contribution < 1.29 is 23.1 Å². The molecule has 0 radical (unpaired) electrons. The first-order valence-corrected chi connectivity index (χ1v) is 10.8. The quantitative estimate of drug-likeness (QED) is 0.506. The molecular weight excluding hydrogens is 435 g/mol. The van der Waals surface area contributed by atoms with Gasteiger partial charge < -0.3 is 18.8 Å². The van der Waals surface area contributed by atoms with Crippen LogP contribution in [0.25, 0.3) is 0 Å². The van der Waals surface area contributed by atoms with Gasteiger partial charge >= 0.3 is 0 Å². The third kappa shape index (κ3) is 5.40. The normalized spacial score (nSPS) is 16.1. The van der Waals surface area contributed by atoms with E-state index >= 15 is 0 Å². The fourth-order valence-electron chi connectivity index (χ4n) is 3.75. The predicted octanol–water partition coefficient (Wildman–Crippen LogP) is 4.85. The monoisotopic (exact) mass is 458 g/mol. The summed E-state index contributed by atoms with van der Waals surface area (Å²) in [6.07, 6.45) is 4.15. The van der Waals surface area contributed by atoms with Gasteiger partial charge in [-0.05, 0) is 42.7 Å². The second kappa shape index (κ2) is 10.0. The molecule has 168 valence electrons. The molecule has 2 heterocycles. The average molecular weight is 459 g/mol. The molecule has 32 heavy (non-hydrogen) atoms. The molecule has 0 saturated carbocycles. The maximum Gasteiger partial charge on any atom is 0.260 e. The number of halogens is 2. The summed E-state index contributed by atoms with van der Waals surface area (Å²) in [5.41, 5.74) is 1.10. The summed E-state index contributed by atoms with van der Waals surface area (Å²) in [5.74, 6) is 1.97. The molecule has 8 heteroatoms. The van der Waals surface area contributed by atoms with E-state index in [1.165, 1.54) is 18.2 Å². The van der Waals surface area contributed by atoms with Crippen LogP contribution >= 0.6 is 11.6 Å². The van der Waals surface area contributed by atoms with Crippen LogP contribution in [-0.4, -0.2) is 42.6 Å². The highest BCUT2D eigenvalue weighted by Crippen LogP contribution is 2.28. The van der Waals surface area contributed by atoms with Gasteiger partial charge in [-0.2, -0.15) is 0 Å². The van der Waals surface area contributed by atoms with E-state index in [1.54, 1.807) is 18.2 Å². The molecule has 4 rings (SSSR count). The summed E-state index contributed by atoms with van der Waals surface area (Å²) >= 11 is 5.76. The van der Waals surface area contributed by atoms with Crippen molar-refractivity contribution in [2.75, 3.05) is 26.8 Å². The van der Waals surface area contributed by atoms with Gasteiger partial charge in [0.1, 0.15) is 23.1 Å². The molecule has 1 fully saturated rings. The number of nitrogens with zero attached hydrogens (tertiary/aromatic N) is 2. The van der Waals surface area contributed by atoms with Gasteiger partial charge in [-0.25, -0.2) is 9.37 Å². The Morgan fingerprint density at radius 3 is 2.78 bits per heavy atom. The number of amides is 1. The van der Waals surface area contributed by atoms with Gasteiger partial charge in [0.05, 0.1) is 24.2 Å².